The molecule has 154 valence electrons. The van der Waals surface area contributed by atoms with Gasteiger partial charge in [-0.3, -0.25) is 9.59 Å². The van der Waals surface area contributed by atoms with Gasteiger partial charge in [0.15, 0.2) is 0 Å². The summed E-state index contributed by atoms with van der Waals surface area (Å²) in [6.07, 6.45) is 0.904. The topological polar surface area (TPSA) is 81.1 Å². The summed E-state index contributed by atoms with van der Waals surface area (Å²) < 4.78 is 10.5. The number of benzene rings is 2. The summed E-state index contributed by atoms with van der Waals surface area (Å²) in [6, 6.07) is 13.8. The molecule has 1 fully saturated rings. The average Bonchev–Trinajstić information content (AvgIpc) is 2.77. The lowest BCUT2D eigenvalue weighted by atomic mass is 10.1. The van der Waals surface area contributed by atoms with Gasteiger partial charge in [0.05, 0.1) is 38.1 Å². The molecule has 1 heterocycles. The fourth-order valence-corrected chi connectivity index (χ4v) is 3.27. The first-order valence-corrected chi connectivity index (χ1v) is 9.91. The van der Waals surface area contributed by atoms with Gasteiger partial charge in [-0.2, -0.15) is 0 Å². The summed E-state index contributed by atoms with van der Waals surface area (Å²) in [7, 11) is 1.58. The number of para-hydroxylation sites is 1. The highest BCUT2D eigenvalue weighted by atomic mass is 16.5. The first kappa shape index (κ1) is 20.8. The van der Waals surface area contributed by atoms with Crippen molar-refractivity contribution in [2.24, 2.45) is 0 Å². The van der Waals surface area contributed by atoms with E-state index in [4.69, 9.17) is 9.47 Å². The lowest BCUT2D eigenvalue weighted by Crippen LogP contribution is -3.14. The fourth-order valence-electron chi connectivity index (χ4n) is 3.27. The van der Waals surface area contributed by atoms with E-state index >= 15 is 0 Å². The third-order valence-corrected chi connectivity index (χ3v) is 4.96. The first-order valence-electron chi connectivity index (χ1n) is 9.91. The molecule has 2 amide bonds. The van der Waals surface area contributed by atoms with E-state index in [1.807, 2.05) is 0 Å². The summed E-state index contributed by atoms with van der Waals surface area (Å²) in [4.78, 5) is 26.7. The molecule has 0 unspecified atom stereocenters. The summed E-state index contributed by atoms with van der Waals surface area (Å²) in [5.74, 6) is 0.219. The number of hydrogen-bond acceptors (Lipinski definition) is 4. The number of morpholine rings is 1. The molecule has 7 nitrogen and oxygen atoms in total. The highest BCUT2D eigenvalue weighted by molar-refractivity contribution is 6.09. The minimum atomic E-state index is -0.274. The van der Waals surface area contributed by atoms with E-state index in [1.54, 1.807) is 55.6 Å². The van der Waals surface area contributed by atoms with Gasteiger partial charge >= 0.3 is 0 Å². The van der Waals surface area contributed by atoms with Crippen LogP contribution in [-0.2, 0) is 4.74 Å². The van der Waals surface area contributed by atoms with Crippen LogP contribution in [0.25, 0.3) is 0 Å². The molecule has 3 N–H and O–H groups in total. The Morgan fingerprint density at radius 1 is 1.03 bits per heavy atom. The normalized spacial score (nSPS) is 14.2. The Morgan fingerprint density at radius 3 is 2.48 bits per heavy atom. The predicted octanol–water partition coefficient (Wildman–Crippen LogP) is 0.983. The molecule has 29 heavy (non-hydrogen) atoms. The van der Waals surface area contributed by atoms with E-state index in [-0.39, 0.29) is 11.8 Å². The molecule has 3 rings (SSSR count). The van der Waals surface area contributed by atoms with Crippen molar-refractivity contribution in [1.29, 1.82) is 0 Å². The van der Waals surface area contributed by atoms with E-state index in [1.165, 1.54) is 4.90 Å². The highest BCUT2D eigenvalue weighted by Gasteiger charge is 2.15. The zero-order valence-electron chi connectivity index (χ0n) is 16.7. The lowest BCUT2D eigenvalue weighted by Gasteiger charge is -2.23. The van der Waals surface area contributed by atoms with Gasteiger partial charge in [0.2, 0.25) is 0 Å². The molecule has 0 atom stereocenters. The molecule has 1 saturated heterocycles. The number of amides is 2. The molecular formula is C22H28N3O4+. The van der Waals surface area contributed by atoms with E-state index in [2.05, 4.69) is 10.6 Å². The molecule has 0 radical (unpaired) electrons. The number of anilines is 1. The lowest BCUT2D eigenvalue weighted by molar-refractivity contribution is -0.908. The number of nitrogens with one attached hydrogen (secondary N) is 3. The Kier molecular flexibility index (Phi) is 7.61. The van der Waals surface area contributed by atoms with Crippen molar-refractivity contribution in [1.82, 2.24) is 5.32 Å². The Bertz CT molecular complexity index is 817. The van der Waals surface area contributed by atoms with Gasteiger partial charge in [-0.15, -0.1) is 0 Å². The van der Waals surface area contributed by atoms with Crippen molar-refractivity contribution in [2.75, 3.05) is 51.8 Å². The van der Waals surface area contributed by atoms with Gasteiger partial charge in [-0.25, -0.2) is 0 Å². The maximum atomic E-state index is 12.6. The van der Waals surface area contributed by atoms with Crippen molar-refractivity contribution < 1.29 is 24.0 Å². The smallest absolute Gasteiger partial charge is 0.255 e. The molecule has 0 saturated carbocycles. The van der Waals surface area contributed by atoms with Crippen molar-refractivity contribution in [2.45, 2.75) is 6.42 Å². The summed E-state index contributed by atoms with van der Waals surface area (Å²) in [5.41, 5.74) is 1.44. The minimum absolute atomic E-state index is 0.187. The zero-order chi connectivity index (χ0) is 20.5. The Morgan fingerprint density at radius 2 is 1.76 bits per heavy atom. The summed E-state index contributed by atoms with van der Waals surface area (Å²) >= 11 is 0. The van der Waals surface area contributed by atoms with E-state index < -0.39 is 0 Å². The zero-order valence-corrected chi connectivity index (χ0v) is 16.7. The quantitative estimate of drug-likeness (QED) is 0.579. The monoisotopic (exact) mass is 398 g/mol. The minimum Gasteiger partial charge on any atom is -0.497 e. The SMILES string of the molecule is COc1ccc(C(=O)Nc2ccccc2C(=O)NCCC[NH+]2CCOCC2)cc1. The summed E-state index contributed by atoms with van der Waals surface area (Å²) in [6.45, 7) is 5.28. The molecule has 0 bridgehead atoms. The largest absolute Gasteiger partial charge is 0.497 e. The van der Waals surface area contributed by atoms with Crippen molar-refractivity contribution >= 4 is 17.5 Å². The predicted molar refractivity (Wildman–Crippen MR) is 111 cm³/mol. The third-order valence-electron chi connectivity index (χ3n) is 4.96. The van der Waals surface area contributed by atoms with Gasteiger partial charge in [-0.05, 0) is 36.4 Å². The number of hydrogen-bond donors (Lipinski definition) is 3. The van der Waals surface area contributed by atoms with Crippen molar-refractivity contribution in [3.8, 4) is 5.75 Å². The van der Waals surface area contributed by atoms with Crippen LogP contribution >= 0.6 is 0 Å². The molecule has 7 heteroatoms. The van der Waals surface area contributed by atoms with E-state index in [9.17, 15) is 9.59 Å². The molecule has 2 aromatic rings. The third kappa shape index (κ3) is 6.04. The number of quaternary nitrogens is 1. The second-order valence-corrected chi connectivity index (χ2v) is 6.95. The van der Waals surface area contributed by atoms with Gasteiger partial charge in [-0.1, -0.05) is 12.1 Å². The second-order valence-electron chi connectivity index (χ2n) is 6.95. The molecule has 2 aromatic carbocycles. The van der Waals surface area contributed by atoms with Crippen LogP contribution in [0.5, 0.6) is 5.75 Å². The van der Waals surface area contributed by atoms with Gasteiger partial charge in [0.25, 0.3) is 11.8 Å². The van der Waals surface area contributed by atoms with Gasteiger partial charge < -0.3 is 25.0 Å². The highest BCUT2D eigenvalue weighted by Crippen LogP contribution is 2.17. The van der Waals surface area contributed by atoms with Crippen LogP contribution in [0, 0.1) is 0 Å². The van der Waals surface area contributed by atoms with Crippen LogP contribution in [0.2, 0.25) is 0 Å². The molecule has 0 aliphatic carbocycles. The van der Waals surface area contributed by atoms with Crippen LogP contribution in [-0.4, -0.2) is 58.3 Å². The van der Waals surface area contributed by atoms with E-state index in [0.29, 0.717) is 29.1 Å². The number of methoxy groups -OCH3 is 1. The van der Waals surface area contributed by atoms with Crippen LogP contribution < -0.4 is 20.3 Å². The standard InChI is InChI=1S/C22H27N3O4/c1-28-18-9-7-17(8-10-18)21(26)24-20-6-3-2-5-19(20)22(27)23-11-4-12-25-13-15-29-16-14-25/h2-3,5-10H,4,11-16H2,1H3,(H,23,27)(H,24,26)/p+1. The molecular weight excluding hydrogens is 370 g/mol. The van der Waals surface area contributed by atoms with Crippen molar-refractivity contribution in [3.05, 3.63) is 59.7 Å². The Balaban J connectivity index is 1.54. The number of carbonyl (C=O) groups is 2. The maximum Gasteiger partial charge on any atom is 0.255 e. The number of carbonyl (C=O) groups excluding carboxylic acids is 2. The molecule has 0 aromatic heterocycles. The maximum absolute atomic E-state index is 12.6. The van der Waals surface area contributed by atoms with E-state index in [0.717, 1.165) is 39.3 Å². The second kappa shape index (κ2) is 10.6. The van der Waals surface area contributed by atoms with Crippen LogP contribution in [0.15, 0.2) is 48.5 Å². The first-order chi connectivity index (χ1) is 14.2. The molecule has 0 spiro atoms. The number of ether oxygens (including phenoxy) is 2. The van der Waals surface area contributed by atoms with Crippen molar-refractivity contribution in [3.63, 3.8) is 0 Å². The average molecular weight is 398 g/mol. The van der Waals surface area contributed by atoms with Crippen LogP contribution in [0.3, 0.4) is 0 Å². The van der Waals surface area contributed by atoms with Gasteiger partial charge in [0, 0.05) is 18.5 Å². The Labute approximate surface area is 171 Å². The Hall–Kier alpha value is -2.90. The molecule has 1 aliphatic heterocycles. The van der Waals surface area contributed by atoms with Crippen LogP contribution in [0.1, 0.15) is 27.1 Å². The molecule has 1 aliphatic rings. The number of rotatable bonds is 8. The fraction of sp³-hybridized carbons (Fsp3) is 0.364. The summed E-state index contributed by atoms with van der Waals surface area (Å²) in [5, 5.41) is 5.78. The van der Waals surface area contributed by atoms with Crippen LogP contribution in [0.4, 0.5) is 5.69 Å². The van der Waals surface area contributed by atoms with Gasteiger partial charge in [0.1, 0.15) is 18.8 Å².